The summed E-state index contributed by atoms with van der Waals surface area (Å²) >= 11 is 11.8. The fourth-order valence-electron chi connectivity index (χ4n) is 1.67. The summed E-state index contributed by atoms with van der Waals surface area (Å²) in [4.78, 5) is 13.0. The lowest BCUT2D eigenvalue weighted by Crippen LogP contribution is -2.41. The molecule has 1 rings (SSSR count). The summed E-state index contributed by atoms with van der Waals surface area (Å²) in [5.41, 5.74) is 0.846. The lowest BCUT2D eigenvalue weighted by Gasteiger charge is -2.19. The molecule has 0 saturated heterocycles. The number of aliphatic hydroxyl groups is 1. The van der Waals surface area contributed by atoms with E-state index in [4.69, 9.17) is 27.9 Å². The zero-order valence-corrected chi connectivity index (χ0v) is 13.6. The van der Waals surface area contributed by atoms with Crippen molar-refractivity contribution in [3.63, 3.8) is 0 Å². The second kappa shape index (κ2) is 9.10. The lowest BCUT2D eigenvalue weighted by molar-refractivity contribution is 0.118. The quantitative estimate of drug-likeness (QED) is 0.753. The van der Waals surface area contributed by atoms with Gasteiger partial charge >= 0.3 is 6.03 Å². The summed E-state index contributed by atoms with van der Waals surface area (Å²) in [5.74, 6) is 0. The van der Waals surface area contributed by atoms with E-state index in [1.54, 1.807) is 32.2 Å². The Kier molecular flexibility index (Phi) is 7.82. The molecule has 0 bridgehead atoms. The van der Waals surface area contributed by atoms with E-state index in [0.29, 0.717) is 29.8 Å². The molecule has 0 aromatic heterocycles. The van der Waals surface area contributed by atoms with Gasteiger partial charge in [-0.1, -0.05) is 29.3 Å². The van der Waals surface area contributed by atoms with Gasteiger partial charge in [0.25, 0.3) is 0 Å². The molecule has 118 valence electrons. The SMILES string of the molecule is CC(O)CN(C)C(=O)NCCOCc1ccc(Cl)cc1Cl. The molecular weight excluding hydrogens is 315 g/mol. The maximum Gasteiger partial charge on any atom is 0.317 e. The van der Waals surface area contributed by atoms with Crippen LogP contribution in [0.5, 0.6) is 0 Å². The van der Waals surface area contributed by atoms with E-state index in [-0.39, 0.29) is 12.6 Å². The minimum Gasteiger partial charge on any atom is -0.392 e. The van der Waals surface area contributed by atoms with Crippen molar-refractivity contribution < 1.29 is 14.6 Å². The molecule has 21 heavy (non-hydrogen) atoms. The van der Waals surface area contributed by atoms with Crippen molar-refractivity contribution in [1.82, 2.24) is 10.2 Å². The first-order valence-electron chi connectivity index (χ1n) is 6.59. The summed E-state index contributed by atoms with van der Waals surface area (Å²) in [6, 6.07) is 4.97. The van der Waals surface area contributed by atoms with Gasteiger partial charge in [0, 0.05) is 30.2 Å². The number of benzene rings is 1. The first-order chi connectivity index (χ1) is 9.90. The molecule has 5 nitrogen and oxygen atoms in total. The fraction of sp³-hybridized carbons (Fsp3) is 0.500. The highest BCUT2D eigenvalue weighted by molar-refractivity contribution is 6.35. The molecule has 0 aliphatic carbocycles. The highest BCUT2D eigenvalue weighted by atomic mass is 35.5. The number of ether oxygens (including phenoxy) is 1. The van der Waals surface area contributed by atoms with Gasteiger partial charge in [0.05, 0.1) is 19.3 Å². The molecule has 1 unspecified atom stereocenters. The van der Waals surface area contributed by atoms with Gasteiger partial charge in [-0.25, -0.2) is 4.79 Å². The summed E-state index contributed by atoms with van der Waals surface area (Å²) in [7, 11) is 1.62. The summed E-state index contributed by atoms with van der Waals surface area (Å²) < 4.78 is 5.44. The van der Waals surface area contributed by atoms with Crippen LogP contribution in [0.15, 0.2) is 18.2 Å². The van der Waals surface area contributed by atoms with E-state index in [1.165, 1.54) is 4.90 Å². The molecule has 2 N–H and O–H groups in total. The Balaban J connectivity index is 2.21. The van der Waals surface area contributed by atoms with E-state index in [1.807, 2.05) is 0 Å². The van der Waals surface area contributed by atoms with E-state index < -0.39 is 6.10 Å². The minimum absolute atomic E-state index is 0.246. The molecule has 0 saturated carbocycles. The number of urea groups is 1. The molecular formula is C14H20Cl2N2O3. The standard InChI is InChI=1S/C14H20Cl2N2O3/c1-10(19)8-18(2)14(20)17-5-6-21-9-11-3-4-12(15)7-13(11)16/h3-4,7,10,19H,5-6,8-9H2,1-2H3,(H,17,20). The summed E-state index contributed by atoms with van der Waals surface area (Å²) in [6.07, 6.45) is -0.552. The third-order valence-electron chi connectivity index (χ3n) is 2.68. The molecule has 0 spiro atoms. The van der Waals surface area contributed by atoms with E-state index >= 15 is 0 Å². The molecule has 0 aliphatic heterocycles. The molecule has 7 heteroatoms. The minimum atomic E-state index is -0.552. The average Bonchev–Trinajstić information content (AvgIpc) is 2.39. The van der Waals surface area contributed by atoms with Crippen molar-refractivity contribution in [1.29, 1.82) is 0 Å². The summed E-state index contributed by atoms with van der Waals surface area (Å²) in [6.45, 7) is 3.02. The van der Waals surface area contributed by atoms with Crippen LogP contribution in [0, 0.1) is 0 Å². The predicted octanol–water partition coefficient (Wildman–Crippen LogP) is 2.53. The fourth-order valence-corrected chi connectivity index (χ4v) is 2.13. The normalized spacial score (nSPS) is 12.0. The predicted molar refractivity (Wildman–Crippen MR) is 83.8 cm³/mol. The van der Waals surface area contributed by atoms with E-state index in [2.05, 4.69) is 5.32 Å². The van der Waals surface area contributed by atoms with E-state index in [9.17, 15) is 9.90 Å². The summed E-state index contributed by atoms with van der Waals surface area (Å²) in [5, 5.41) is 13.0. The zero-order chi connectivity index (χ0) is 15.8. The van der Waals surface area contributed by atoms with E-state index in [0.717, 1.165) is 5.56 Å². The molecule has 0 radical (unpaired) electrons. The van der Waals surface area contributed by atoms with Crippen LogP contribution in [-0.2, 0) is 11.3 Å². The first kappa shape index (κ1) is 18.0. The Morgan fingerprint density at radius 1 is 1.48 bits per heavy atom. The number of nitrogens with one attached hydrogen (secondary N) is 1. The number of likely N-dealkylation sites (N-methyl/N-ethyl adjacent to an activating group) is 1. The third-order valence-corrected chi connectivity index (χ3v) is 3.27. The van der Waals surface area contributed by atoms with Gasteiger partial charge in [0.2, 0.25) is 0 Å². The number of hydrogen-bond acceptors (Lipinski definition) is 3. The van der Waals surface area contributed by atoms with Crippen LogP contribution in [0.4, 0.5) is 4.79 Å². The number of aliphatic hydroxyl groups excluding tert-OH is 1. The molecule has 0 heterocycles. The zero-order valence-electron chi connectivity index (χ0n) is 12.1. The van der Waals surface area contributed by atoms with Gasteiger partial charge in [0.15, 0.2) is 0 Å². The van der Waals surface area contributed by atoms with Crippen LogP contribution in [0.3, 0.4) is 0 Å². The Bertz CT molecular complexity index is 470. The Hall–Kier alpha value is -1.01. The molecule has 1 aromatic rings. The van der Waals surface area contributed by atoms with Crippen LogP contribution in [-0.4, -0.2) is 48.9 Å². The number of nitrogens with zero attached hydrogens (tertiary/aromatic N) is 1. The number of carbonyl (C=O) groups excluding carboxylic acids is 1. The number of halogens is 2. The highest BCUT2D eigenvalue weighted by Gasteiger charge is 2.09. The molecule has 0 aliphatic rings. The third kappa shape index (κ3) is 7.00. The van der Waals surface area contributed by atoms with Gasteiger partial charge in [-0.05, 0) is 24.6 Å². The molecule has 2 amide bonds. The van der Waals surface area contributed by atoms with Gasteiger partial charge in [-0.2, -0.15) is 0 Å². The maximum atomic E-state index is 11.6. The Morgan fingerprint density at radius 3 is 2.81 bits per heavy atom. The number of hydrogen-bond donors (Lipinski definition) is 2. The van der Waals surface area contributed by atoms with Crippen molar-refractivity contribution in [3.8, 4) is 0 Å². The number of amides is 2. The van der Waals surface area contributed by atoms with Crippen LogP contribution in [0.2, 0.25) is 10.0 Å². The van der Waals surface area contributed by atoms with Crippen LogP contribution < -0.4 is 5.32 Å². The largest absolute Gasteiger partial charge is 0.392 e. The van der Waals surface area contributed by atoms with Crippen molar-refractivity contribution in [2.75, 3.05) is 26.7 Å². The van der Waals surface area contributed by atoms with Crippen molar-refractivity contribution in [2.24, 2.45) is 0 Å². The van der Waals surface area contributed by atoms with Crippen molar-refractivity contribution in [3.05, 3.63) is 33.8 Å². The Labute approximate surface area is 134 Å². The maximum absolute atomic E-state index is 11.6. The van der Waals surface area contributed by atoms with Gasteiger partial charge < -0.3 is 20.1 Å². The van der Waals surface area contributed by atoms with Crippen LogP contribution in [0.25, 0.3) is 0 Å². The topological polar surface area (TPSA) is 61.8 Å². The number of rotatable bonds is 7. The second-order valence-corrected chi connectivity index (χ2v) is 5.59. The van der Waals surface area contributed by atoms with Gasteiger partial charge in [-0.15, -0.1) is 0 Å². The molecule has 0 fully saturated rings. The molecule has 1 aromatic carbocycles. The highest BCUT2D eigenvalue weighted by Crippen LogP contribution is 2.21. The van der Waals surface area contributed by atoms with Crippen molar-refractivity contribution in [2.45, 2.75) is 19.6 Å². The average molecular weight is 335 g/mol. The van der Waals surface area contributed by atoms with Crippen LogP contribution in [0.1, 0.15) is 12.5 Å². The number of carbonyl (C=O) groups is 1. The smallest absolute Gasteiger partial charge is 0.317 e. The molecule has 1 atom stereocenters. The lowest BCUT2D eigenvalue weighted by atomic mass is 10.2. The second-order valence-electron chi connectivity index (χ2n) is 4.75. The van der Waals surface area contributed by atoms with Gasteiger partial charge in [-0.3, -0.25) is 0 Å². The van der Waals surface area contributed by atoms with Gasteiger partial charge in [0.1, 0.15) is 0 Å². The van der Waals surface area contributed by atoms with Crippen molar-refractivity contribution >= 4 is 29.2 Å². The first-order valence-corrected chi connectivity index (χ1v) is 7.34. The Morgan fingerprint density at radius 2 is 2.19 bits per heavy atom. The monoisotopic (exact) mass is 334 g/mol. The van der Waals surface area contributed by atoms with Crippen LogP contribution >= 0.6 is 23.2 Å².